The molecule has 0 spiro atoms. The molecule has 1 aliphatic rings. The van der Waals surface area contributed by atoms with Crippen LogP contribution in [0.2, 0.25) is 0 Å². The van der Waals surface area contributed by atoms with Crippen LogP contribution in [0.15, 0.2) is 12.1 Å². The third-order valence-electron chi connectivity index (χ3n) is 3.75. The average molecular weight is 282 g/mol. The van der Waals surface area contributed by atoms with Crippen molar-refractivity contribution in [3.8, 4) is 0 Å². The number of hydrogen-bond acceptors (Lipinski definition) is 4. The normalized spacial score (nSPS) is 19.1. The van der Waals surface area contributed by atoms with Gasteiger partial charge in [-0.2, -0.15) is 0 Å². The van der Waals surface area contributed by atoms with E-state index >= 15 is 0 Å². The summed E-state index contributed by atoms with van der Waals surface area (Å²) in [6.07, 6.45) is 3.56. The van der Waals surface area contributed by atoms with Gasteiger partial charge in [-0.15, -0.1) is 0 Å². The topological polar surface area (TPSA) is 86.8 Å². The maximum Gasteiger partial charge on any atom is 0.338 e. The molecule has 0 radical (unpaired) electrons. The van der Waals surface area contributed by atoms with Crippen molar-refractivity contribution in [1.29, 1.82) is 0 Å². The Labute approximate surface area is 116 Å². The van der Waals surface area contributed by atoms with Crippen molar-refractivity contribution in [2.75, 3.05) is 23.8 Å². The maximum atomic E-state index is 13.8. The number of aromatic carboxylic acids is 1. The van der Waals surface area contributed by atoms with Gasteiger partial charge in [0.05, 0.1) is 16.9 Å². The molecular weight excluding hydrogens is 263 g/mol. The third-order valence-corrected chi connectivity index (χ3v) is 3.75. The van der Waals surface area contributed by atoms with E-state index in [-0.39, 0.29) is 18.3 Å². The summed E-state index contributed by atoms with van der Waals surface area (Å²) in [6, 6.07) is 2.47. The first-order valence-corrected chi connectivity index (χ1v) is 6.74. The second-order valence-electron chi connectivity index (χ2n) is 5.05. The number of halogens is 1. The molecule has 1 aliphatic heterocycles. The highest BCUT2D eigenvalue weighted by Gasteiger charge is 2.25. The largest absolute Gasteiger partial charge is 0.478 e. The minimum atomic E-state index is -1.33. The van der Waals surface area contributed by atoms with Crippen LogP contribution < -0.4 is 10.6 Å². The highest BCUT2D eigenvalue weighted by molar-refractivity contribution is 5.91. The Kier molecular flexibility index (Phi) is 4.44. The summed E-state index contributed by atoms with van der Waals surface area (Å²) in [5.41, 5.74) is 6.25. The highest BCUT2D eigenvalue weighted by Crippen LogP contribution is 2.32. The van der Waals surface area contributed by atoms with E-state index in [0.29, 0.717) is 12.1 Å². The number of aliphatic hydroxyl groups is 1. The van der Waals surface area contributed by atoms with Gasteiger partial charge in [0.2, 0.25) is 0 Å². The number of benzene rings is 1. The molecular formula is C14H19FN2O3. The van der Waals surface area contributed by atoms with Gasteiger partial charge in [0.1, 0.15) is 5.82 Å². The van der Waals surface area contributed by atoms with Gasteiger partial charge >= 0.3 is 5.97 Å². The Bertz CT molecular complexity index is 505. The molecule has 0 aromatic heterocycles. The fraction of sp³-hybridized carbons (Fsp3) is 0.500. The lowest BCUT2D eigenvalue weighted by molar-refractivity contribution is 0.0692. The SMILES string of the molecule is Nc1cc(C(=O)O)c(F)cc1N1CCCCC1CCO. The number of nitrogen functional groups attached to an aromatic ring is 1. The fourth-order valence-electron chi connectivity index (χ4n) is 2.76. The third kappa shape index (κ3) is 2.85. The Hall–Kier alpha value is -1.82. The Morgan fingerprint density at radius 3 is 2.85 bits per heavy atom. The zero-order valence-electron chi connectivity index (χ0n) is 11.2. The van der Waals surface area contributed by atoms with Crippen LogP contribution in [0.1, 0.15) is 36.0 Å². The van der Waals surface area contributed by atoms with E-state index < -0.39 is 17.3 Å². The number of anilines is 2. The van der Waals surface area contributed by atoms with Crippen molar-refractivity contribution in [1.82, 2.24) is 0 Å². The van der Waals surface area contributed by atoms with Gasteiger partial charge in [-0.3, -0.25) is 0 Å². The van der Waals surface area contributed by atoms with Crippen LogP contribution in [-0.2, 0) is 0 Å². The summed E-state index contributed by atoms with van der Waals surface area (Å²) >= 11 is 0. The zero-order valence-corrected chi connectivity index (χ0v) is 11.2. The van der Waals surface area contributed by atoms with Gasteiger partial charge in [-0.25, -0.2) is 9.18 Å². The molecule has 1 unspecified atom stereocenters. The lowest BCUT2D eigenvalue weighted by Gasteiger charge is -2.38. The van der Waals surface area contributed by atoms with E-state index in [1.165, 1.54) is 6.07 Å². The van der Waals surface area contributed by atoms with Crippen molar-refractivity contribution in [2.45, 2.75) is 31.7 Å². The van der Waals surface area contributed by atoms with E-state index in [4.69, 9.17) is 15.9 Å². The number of hydrogen-bond donors (Lipinski definition) is 3. The van der Waals surface area contributed by atoms with Gasteiger partial charge < -0.3 is 20.8 Å². The molecule has 1 fully saturated rings. The van der Waals surface area contributed by atoms with Gasteiger partial charge in [-0.1, -0.05) is 0 Å². The van der Waals surface area contributed by atoms with Crippen LogP contribution in [0.25, 0.3) is 0 Å². The van der Waals surface area contributed by atoms with E-state index in [1.54, 1.807) is 0 Å². The first-order chi connectivity index (χ1) is 9.54. The molecule has 0 saturated carbocycles. The number of nitrogens with zero attached hydrogens (tertiary/aromatic N) is 1. The second-order valence-corrected chi connectivity index (χ2v) is 5.05. The van der Waals surface area contributed by atoms with Crippen LogP contribution in [0.4, 0.5) is 15.8 Å². The van der Waals surface area contributed by atoms with Crippen molar-refractivity contribution >= 4 is 17.3 Å². The van der Waals surface area contributed by atoms with Gasteiger partial charge in [0.25, 0.3) is 0 Å². The minimum Gasteiger partial charge on any atom is -0.478 e. The van der Waals surface area contributed by atoms with Crippen molar-refractivity contribution < 1.29 is 19.4 Å². The van der Waals surface area contributed by atoms with E-state index in [9.17, 15) is 9.18 Å². The molecule has 1 heterocycles. The van der Waals surface area contributed by atoms with Crippen LogP contribution in [0.3, 0.4) is 0 Å². The highest BCUT2D eigenvalue weighted by atomic mass is 19.1. The monoisotopic (exact) mass is 282 g/mol. The first-order valence-electron chi connectivity index (χ1n) is 6.74. The maximum absolute atomic E-state index is 13.8. The molecule has 0 bridgehead atoms. The molecule has 1 aromatic rings. The van der Waals surface area contributed by atoms with Crippen LogP contribution in [0.5, 0.6) is 0 Å². The Balaban J connectivity index is 2.35. The number of piperidine rings is 1. The molecule has 4 N–H and O–H groups in total. The average Bonchev–Trinajstić information content (AvgIpc) is 2.42. The summed E-state index contributed by atoms with van der Waals surface area (Å²) < 4.78 is 13.8. The van der Waals surface area contributed by atoms with Crippen molar-refractivity contribution in [3.63, 3.8) is 0 Å². The smallest absolute Gasteiger partial charge is 0.338 e. The number of carbonyl (C=O) groups is 1. The van der Waals surface area contributed by atoms with Crippen molar-refractivity contribution in [3.05, 3.63) is 23.5 Å². The molecule has 1 saturated heterocycles. The Morgan fingerprint density at radius 2 is 2.20 bits per heavy atom. The molecule has 0 aliphatic carbocycles. The van der Waals surface area contributed by atoms with Crippen molar-refractivity contribution in [2.24, 2.45) is 0 Å². The van der Waals surface area contributed by atoms with Crippen LogP contribution >= 0.6 is 0 Å². The molecule has 5 nitrogen and oxygen atoms in total. The van der Waals surface area contributed by atoms with Gasteiger partial charge in [0.15, 0.2) is 0 Å². The molecule has 6 heteroatoms. The number of rotatable bonds is 4. The molecule has 2 rings (SSSR count). The molecule has 1 atom stereocenters. The number of carboxylic acid groups (broad SMARTS) is 1. The Morgan fingerprint density at radius 1 is 1.45 bits per heavy atom. The standard InChI is InChI=1S/C14H19FN2O3/c15-11-8-13(12(16)7-10(11)14(19)20)17-5-2-1-3-9(17)4-6-18/h7-9,18H,1-6,16H2,(H,19,20). The summed E-state index contributed by atoms with van der Waals surface area (Å²) in [5, 5.41) is 18.0. The summed E-state index contributed by atoms with van der Waals surface area (Å²) in [4.78, 5) is 12.9. The van der Waals surface area contributed by atoms with Crippen LogP contribution in [-0.4, -0.2) is 35.4 Å². The molecule has 20 heavy (non-hydrogen) atoms. The predicted molar refractivity (Wildman–Crippen MR) is 74.5 cm³/mol. The van der Waals surface area contributed by atoms with E-state index in [0.717, 1.165) is 31.9 Å². The first kappa shape index (κ1) is 14.6. The lowest BCUT2D eigenvalue weighted by atomic mass is 9.98. The number of carboxylic acids is 1. The quantitative estimate of drug-likeness (QED) is 0.734. The number of nitrogens with two attached hydrogens (primary N) is 1. The number of aliphatic hydroxyl groups excluding tert-OH is 1. The van der Waals surface area contributed by atoms with Gasteiger partial charge in [-0.05, 0) is 31.7 Å². The summed E-state index contributed by atoms with van der Waals surface area (Å²) in [7, 11) is 0. The minimum absolute atomic E-state index is 0.0662. The predicted octanol–water partition coefficient (Wildman–Crippen LogP) is 1.85. The second kappa shape index (κ2) is 6.09. The van der Waals surface area contributed by atoms with E-state index in [2.05, 4.69) is 0 Å². The zero-order chi connectivity index (χ0) is 14.7. The van der Waals surface area contributed by atoms with E-state index in [1.807, 2.05) is 4.90 Å². The summed E-state index contributed by atoms with van der Waals surface area (Å²) in [6.45, 7) is 0.803. The molecule has 0 amide bonds. The molecule has 1 aromatic carbocycles. The van der Waals surface area contributed by atoms with Gasteiger partial charge in [0, 0.05) is 25.3 Å². The summed E-state index contributed by atoms with van der Waals surface area (Å²) in [5.74, 6) is -2.11. The van der Waals surface area contributed by atoms with Crippen LogP contribution in [0, 0.1) is 5.82 Å². The molecule has 110 valence electrons. The lowest BCUT2D eigenvalue weighted by Crippen LogP contribution is -2.40. The fourth-order valence-corrected chi connectivity index (χ4v) is 2.76.